The van der Waals surface area contributed by atoms with Gasteiger partial charge in [-0.2, -0.15) is 0 Å². The van der Waals surface area contributed by atoms with E-state index in [1.807, 2.05) is 24.3 Å². The van der Waals surface area contributed by atoms with E-state index in [1.165, 1.54) is 30.0 Å². The van der Waals surface area contributed by atoms with Crippen LogP contribution in [-0.2, 0) is 16.1 Å². The lowest BCUT2D eigenvalue weighted by molar-refractivity contribution is -0.137. The fourth-order valence-corrected chi connectivity index (χ4v) is 2.83. The average molecular weight is 373 g/mol. The summed E-state index contributed by atoms with van der Waals surface area (Å²) in [6.45, 7) is 6.28. The van der Waals surface area contributed by atoms with Crippen LogP contribution in [0.15, 0.2) is 48.5 Å². The van der Waals surface area contributed by atoms with Gasteiger partial charge in [0.25, 0.3) is 0 Å². The molecule has 0 spiro atoms. The van der Waals surface area contributed by atoms with Crippen molar-refractivity contribution in [2.45, 2.75) is 33.2 Å². The Morgan fingerprint density at radius 2 is 1.96 bits per heavy atom. The van der Waals surface area contributed by atoms with E-state index in [2.05, 4.69) is 42.3 Å². The highest BCUT2D eigenvalue weighted by Gasteiger charge is 2.20. The zero-order chi connectivity index (χ0) is 19.8. The van der Waals surface area contributed by atoms with Gasteiger partial charge in [0.2, 0.25) is 0 Å². The molecule has 0 atom stereocenters. The number of hydrogen-bond donors (Lipinski definition) is 1. The van der Waals surface area contributed by atoms with Gasteiger partial charge < -0.3 is 10.1 Å². The summed E-state index contributed by atoms with van der Waals surface area (Å²) in [5.74, 6) is 7.10. The van der Waals surface area contributed by atoms with Gasteiger partial charge in [-0.3, -0.25) is 0 Å². The standard InChI is InChI=1S/C25H27NO2/c1-3-28-25(27)15-13-21-8-6-20(7-9-21)12-14-24-16-23(5-4-19(24)2)18-26-17-22-10-11-22/h4-9,13,15-16,22,26H,3,10-11,17-18H2,1-2H3. The molecule has 3 rings (SSSR count). The Balaban J connectivity index is 1.62. The molecule has 0 heterocycles. The molecule has 144 valence electrons. The maximum Gasteiger partial charge on any atom is 0.330 e. The summed E-state index contributed by atoms with van der Waals surface area (Å²) >= 11 is 0. The lowest BCUT2D eigenvalue weighted by Crippen LogP contribution is -2.16. The minimum absolute atomic E-state index is 0.326. The molecule has 0 aliphatic heterocycles. The van der Waals surface area contributed by atoms with Crippen LogP contribution in [0.3, 0.4) is 0 Å². The molecule has 1 N–H and O–H groups in total. The van der Waals surface area contributed by atoms with Crippen LogP contribution in [-0.4, -0.2) is 19.1 Å². The third kappa shape index (κ3) is 6.40. The van der Waals surface area contributed by atoms with Crippen LogP contribution in [0.2, 0.25) is 0 Å². The van der Waals surface area contributed by atoms with Crippen molar-refractivity contribution in [2.24, 2.45) is 5.92 Å². The third-order valence-corrected chi connectivity index (χ3v) is 4.71. The van der Waals surface area contributed by atoms with Gasteiger partial charge >= 0.3 is 5.97 Å². The van der Waals surface area contributed by atoms with Crippen LogP contribution in [0.1, 0.15) is 47.6 Å². The molecule has 0 saturated heterocycles. The SMILES string of the molecule is CCOC(=O)C=Cc1ccc(C#Cc2cc(CNCC3CC3)ccc2C)cc1. The van der Waals surface area contributed by atoms with Gasteiger partial charge in [-0.1, -0.05) is 36.1 Å². The molecule has 0 bridgehead atoms. The molecule has 3 heteroatoms. The second-order valence-electron chi connectivity index (χ2n) is 7.18. The maximum atomic E-state index is 11.4. The normalized spacial score (nSPS) is 13.2. The molecule has 0 amide bonds. The number of aryl methyl sites for hydroxylation is 1. The van der Waals surface area contributed by atoms with Crippen LogP contribution >= 0.6 is 0 Å². The molecule has 2 aromatic carbocycles. The molecule has 1 saturated carbocycles. The van der Waals surface area contributed by atoms with Crippen molar-refractivity contribution >= 4 is 12.0 Å². The maximum absolute atomic E-state index is 11.4. The predicted molar refractivity (Wildman–Crippen MR) is 114 cm³/mol. The van der Waals surface area contributed by atoms with Crippen LogP contribution < -0.4 is 5.32 Å². The highest BCUT2D eigenvalue weighted by atomic mass is 16.5. The van der Waals surface area contributed by atoms with E-state index < -0.39 is 0 Å². The Morgan fingerprint density at radius 1 is 1.18 bits per heavy atom. The number of carbonyl (C=O) groups excluding carboxylic acids is 1. The molecule has 28 heavy (non-hydrogen) atoms. The number of hydrogen-bond acceptors (Lipinski definition) is 3. The Kier molecular flexibility index (Phi) is 7.06. The predicted octanol–water partition coefficient (Wildman–Crippen LogP) is 4.47. The zero-order valence-corrected chi connectivity index (χ0v) is 16.6. The van der Waals surface area contributed by atoms with E-state index >= 15 is 0 Å². The number of nitrogens with one attached hydrogen (secondary N) is 1. The Bertz CT molecular complexity index is 896. The van der Waals surface area contributed by atoms with Crippen molar-refractivity contribution in [2.75, 3.05) is 13.2 Å². The highest BCUT2D eigenvalue weighted by Crippen LogP contribution is 2.27. The molecule has 2 aromatic rings. The first-order valence-electron chi connectivity index (χ1n) is 9.91. The first kappa shape index (κ1) is 19.9. The summed E-state index contributed by atoms with van der Waals surface area (Å²) in [5, 5.41) is 3.53. The summed E-state index contributed by atoms with van der Waals surface area (Å²) in [7, 11) is 0. The smallest absolute Gasteiger partial charge is 0.330 e. The summed E-state index contributed by atoms with van der Waals surface area (Å²) in [6.07, 6.45) is 5.93. The average Bonchev–Trinajstić information content (AvgIpc) is 3.52. The summed E-state index contributed by atoms with van der Waals surface area (Å²) in [5.41, 5.74) is 5.42. The molecule has 0 aromatic heterocycles. The third-order valence-electron chi connectivity index (χ3n) is 4.71. The van der Waals surface area contributed by atoms with Gasteiger partial charge in [-0.15, -0.1) is 0 Å². The van der Waals surface area contributed by atoms with Gasteiger partial charge in [0, 0.05) is 23.7 Å². The van der Waals surface area contributed by atoms with Crippen LogP contribution in [0.5, 0.6) is 0 Å². The monoisotopic (exact) mass is 373 g/mol. The van der Waals surface area contributed by atoms with Gasteiger partial charge in [-0.25, -0.2) is 4.79 Å². The van der Waals surface area contributed by atoms with Crippen LogP contribution in [0, 0.1) is 24.7 Å². The van der Waals surface area contributed by atoms with Gasteiger partial charge in [0.1, 0.15) is 0 Å². The van der Waals surface area contributed by atoms with Crippen molar-refractivity contribution in [1.82, 2.24) is 5.32 Å². The molecule has 1 fully saturated rings. The number of rotatable bonds is 7. The largest absolute Gasteiger partial charge is 0.463 e. The highest BCUT2D eigenvalue weighted by molar-refractivity contribution is 5.87. The molecular formula is C25H27NO2. The Hall–Kier alpha value is -2.83. The van der Waals surface area contributed by atoms with Crippen LogP contribution in [0.4, 0.5) is 0 Å². The first-order valence-corrected chi connectivity index (χ1v) is 9.91. The van der Waals surface area contributed by atoms with Gasteiger partial charge in [-0.05, 0) is 80.1 Å². The summed E-state index contributed by atoms with van der Waals surface area (Å²) in [4.78, 5) is 11.4. The first-order chi connectivity index (χ1) is 13.6. The van der Waals surface area contributed by atoms with Gasteiger partial charge in [0.05, 0.1) is 6.61 Å². The molecule has 0 radical (unpaired) electrons. The lowest BCUT2D eigenvalue weighted by atomic mass is 10.0. The number of carbonyl (C=O) groups is 1. The second kappa shape index (κ2) is 9.92. The van der Waals surface area contributed by atoms with E-state index in [4.69, 9.17) is 4.74 Å². The van der Waals surface area contributed by atoms with E-state index in [0.29, 0.717) is 6.61 Å². The molecule has 3 nitrogen and oxygen atoms in total. The Morgan fingerprint density at radius 3 is 2.68 bits per heavy atom. The van der Waals surface area contributed by atoms with Crippen molar-refractivity contribution in [3.63, 3.8) is 0 Å². The fourth-order valence-electron chi connectivity index (χ4n) is 2.83. The summed E-state index contributed by atoms with van der Waals surface area (Å²) < 4.78 is 4.88. The fraction of sp³-hybridized carbons (Fsp3) is 0.320. The second-order valence-corrected chi connectivity index (χ2v) is 7.18. The van der Waals surface area contributed by atoms with Crippen LogP contribution in [0.25, 0.3) is 6.08 Å². The molecular weight excluding hydrogens is 346 g/mol. The molecule has 0 unspecified atom stereocenters. The minimum atomic E-state index is -0.326. The van der Waals surface area contributed by atoms with Crippen molar-refractivity contribution in [3.05, 3.63) is 76.4 Å². The molecule has 1 aliphatic rings. The van der Waals surface area contributed by atoms with Crippen molar-refractivity contribution < 1.29 is 9.53 Å². The quantitative estimate of drug-likeness (QED) is 0.442. The van der Waals surface area contributed by atoms with Crippen molar-refractivity contribution in [3.8, 4) is 11.8 Å². The van der Waals surface area contributed by atoms with Gasteiger partial charge in [0.15, 0.2) is 0 Å². The number of esters is 1. The van der Waals surface area contributed by atoms with E-state index in [0.717, 1.165) is 35.7 Å². The van der Waals surface area contributed by atoms with E-state index in [1.54, 1.807) is 13.0 Å². The zero-order valence-electron chi connectivity index (χ0n) is 16.6. The minimum Gasteiger partial charge on any atom is -0.463 e. The van der Waals surface area contributed by atoms with E-state index in [9.17, 15) is 4.79 Å². The number of ether oxygens (including phenoxy) is 1. The van der Waals surface area contributed by atoms with Crippen molar-refractivity contribution in [1.29, 1.82) is 0 Å². The number of benzene rings is 2. The van der Waals surface area contributed by atoms with E-state index in [-0.39, 0.29) is 5.97 Å². The Labute approximate surface area is 167 Å². The molecule has 1 aliphatic carbocycles. The topological polar surface area (TPSA) is 38.3 Å². The summed E-state index contributed by atoms with van der Waals surface area (Å²) in [6, 6.07) is 14.3. The lowest BCUT2D eigenvalue weighted by Gasteiger charge is -2.06.